The van der Waals surface area contributed by atoms with Gasteiger partial charge in [-0.25, -0.2) is 0 Å². The highest BCUT2D eigenvalue weighted by atomic mass is 32.1. The van der Waals surface area contributed by atoms with Gasteiger partial charge in [0.25, 0.3) is 5.91 Å². The minimum Gasteiger partial charge on any atom is -0.344 e. The van der Waals surface area contributed by atoms with Crippen molar-refractivity contribution in [2.24, 2.45) is 7.05 Å². The molecular weight excluding hydrogens is 306 g/mol. The fraction of sp³-hybridized carbons (Fsp3) is 0.222. The van der Waals surface area contributed by atoms with Gasteiger partial charge in [-0.15, -0.1) is 12.6 Å². The first-order valence-electron chi connectivity index (χ1n) is 7.49. The second-order valence-corrected chi connectivity index (χ2v) is 6.15. The summed E-state index contributed by atoms with van der Waals surface area (Å²) in [6, 6.07) is 11.6. The van der Waals surface area contributed by atoms with Gasteiger partial charge >= 0.3 is 0 Å². The van der Waals surface area contributed by atoms with Gasteiger partial charge in [-0.1, -0.05) is 18.2 Å². The molecule has 0 saturated heterocycles. The zero-order chi connectivity index (χ0) is 16.6. The predicted octanol–water partition coefficient (Wildman–Crippen LogP) is 3.66. The van der Waals surface area contributed by atoms with E-state index in [0.717, 1.165) is 27.1 Å². The van der Waals surface area contributed by atoms with Crippen LogP contribution in [-0.2, 0) is 7.05 Å². The Morgan fingerprint density at radius 2 is 2.09 bits per heavy atom. The maximum Gasteiger partial charge on any atom is 0.268 e. The highest BCUT2D eigenvalue weighted by Gasteiger charge is 2.17. The lowest BCUT2D eigenvalue weighted by molar-refractivity contribution is 0.0931. The van der Waals surface area contributed by atoms with Gasteiger partial charge in [0.05, 0.1) is 11.6 Å². The smallest absolute Gasteiger partial charge is 0.268 e. The first-order valence-corrected chi connectivity index (χ1v) is 7.93. The minimum atomic E-state index is -0.117. The average molecular weight is 325 g/mol. The quantitative estimate of drug-likeness (QED) is 0.722. The number of hydrogen-bond acceptors (Lipinski definition) is 3. The van der Waals surface area contributed by atoms with E-state index in [4.69, 9.17) is 0 Å². The molecule has 4 nitrogen and oxygen atoms in total. The Bertz CT molecular complexity index is 880. The Morgan fingerprint density at radius 1 is 1.30 bits per heavy atom. The van der Waals surface area contributed by atoms with Crippen LogP contribution in [0.15, 0.2) is 47.5 Å². The topological polar surface area (TPSA) is 46.9 Å². The van der Waals surface area contributed by atoms with E-state index >= 15 is 0 Å². The zero-order valence-corrected chi connectivity index (χ0v) is 14.3. The number of hydrogen-bond donors (Lipinski definition) is 2. The van der Waals surface area contributed by atoms with Crippen molar-refractivity contribution in [1.29, 1.82) is 0 Å². The summed E-state index contributed by atoms with van der Waals surface area (Å²) < 4.78 is 1.86. The molecule has 23 heavy (non-hydrogen) atoms. The second-order valence-electron chi connectivity index (χ2n) is 5.67. The van der Waals surface area contributed by atoms with E-state index in [1.165, 1.54) is 0 Å². The van der Waals surface area contributed by atoms with Crippen LogP contribution >= 0.6 is 12.6 Å². The Kier molecular flexibility index (Phi) is 4.13. The molecule has 0 aliphatic rings. The molecule has 1 amide bonds. The molecule has 3 aromatic rings. The summed E-state index contributed by atoms with van der Waals surface area (Å²) in [6.45, 7) is 3.93. The molecule has 0 fully saturated rings. The van der Waals surface area contributed by atoms with Gasteiger partial charge in [-0.2, -0.15) is 0 Å². The van der Waals surface area contributed by atoms with Gasteiger partial charge in [0.2, 0.25) is 0 Å². The number of rotatable bonds is 3. The van der Waals surface area contributed by atoms with Crippen LogP contribution in [0.1, 0.15) is 34.7 Å². The summed E-state index contributed by atoms with van der Waals surface area (Å²) in [5, 5.41) is 4.12. The molecule has 0 saturated carbocycles. The van der Waals surface area contributed by atoms with Gasteiger partial charge in [0, 0.05) is 29.2 Å². The maximum atomic E-state index is 12.6. The molecule has 0 radical (unpaired) electrons. The third kappa shape index (κ3) is 2.84. The SMILES string of the molecule is Cc1c(S)cc(C(=O)NC(C)c2cccc3ncccc23)n1C. The monoisotopic (exact) mass is 325 g/mol. The van der Waals surface area contributed by atoms with E-state index in [1.807, 2.05) is 55.8 Å². The van der Waals surface area contributed by atoms with Crippen LogP contribution in [0.2, 0.25) is 0 Å². The van der Waals surface area contributed by atoms with E-state index in [0.29, 0.717) is 5.69 Å². The number of carbonyl (C=O) groups excluding carboxylic acids is 1. The Balaban J connectivity index is 1.90. The van der Waals surface area contributed by atoms with Crippen LogP contribution < -0.4 is 5.32 Å². The number of carbonyl (C=O) groups is 1. The van der Waals surface area contributed by atoms with E-state index < -0.39 is 0 Å². The van der Waals surface area contributed by atoms with Crippen LogP contribution in [0.4, 0.5) is 0 Å². The first kappa shape index (κ1) is 15.6. The summed E-state index contributed by atoms with van der Waals surface area (Å²) in [5.74, 6) is -0.107. The molecule has 0 aliphatic carbocycles. The molecule has 2 aromatic heterocycles. The van der Waals surface area contributed by atoms with E-state index in [1.54, 1.807) is 12.3 Å². The third-order valence-electron chi connectivity index (χ3n) is 4.23. The lowest BCUT2D eigenvalue weighted by atomic mass is 10.0. The molecule has 0 spiro atoms. The van der Waals surface area contributed by atoms with Crippen molar-refractivity contribution in [3.05, 3.63) is 59.5 Å². The number of aromatic nitrogens is 2. The molecule has 1 N–H and O–H groups in total. The molecule has 0 aliphatic heterocycles. The van der Waals surface area contributed by atoms with E-state index in [2.05, 4.69) is 22.9 Å². The van der Waals surface area contributed by atoms with Gasteiger partial charge in [0.15, 0.2) is 0 Å². The fourth-order valence-corrected chi connectivity index (χ4v) is 3.03. The highest BCUT2D eigenvalue weighted by molar-refractivity contribution is 7.80. The molecular formula is C18H19N3OS. The summed E-state index contributed by atoms with van der Waals surface area (Å²) >= 11 is 4.38. The lowest BCUT2D eigenvalue weighted by Gasteiger charge is -2.16. The molecule has 0 bridgehead atoms. The summed E-state index contributed by atoms with van der Waals surface area (Å²) in [4.78, 5) is 17.8. The first-order chi connectivity index (χ1) is 11.0. The van der Waals surface area contributed by atoms with Crippen molar-refractivity contribution < 1.29 is 4.79 Å². The largest absolute Gasteiger partial charge is 0.344 e. The molecule has 1 atom stereocenters. The van der Waals surface area contributed by atoms with Crippen LogP contribution in [0.3, 0.4) is 0 Å². The Labute approximate surface area is 141 Å². The number of nitrogens with zero attached hydrogens (tertiary/aromatic N) is 2. The van der Waals surface area contributed by atoms with E-state index in [-0.39, 0.29) is 11.9 Å². The number of nitrogens with one attached hydrogen (secondary N) is 1. The third-order valence-corrected chi connectivity index (χ3v) is 4.69. The second kappa shape index (κ2) is 6.08. The maximum absolute atomic E-state index is 12.6. The summed E-state index contributed by atoms with van der Waals surface area (Å²) in [5.41, 5.74) is 3.57. The molecule has 1 unspecified atom stereocenters. The van der Waals surface area contributed by atoms with Crippen molar-refractivity contribution in [3.63, 3.8) is 0 Å². The molecule has 5 heteroatoms. The summed E-state index contributed by atoms with van der Waals surface area (Å²) in [7, 11) is 1.87. The van der Waals surface area contributed by atoms with Crippen molar-refractivity contribution >= 4 is 29.4 Å². The molecule has 118 valence electrons. The highest BCUT2D eigenvalue weighted by Crippen LogP contribution is 2.24. The Morgan fingerprint density at radius 3 is 2.78 bits per heavy atom. The van der Waals surface area contributed by atoms with Crippen molar-refractivity contribution in [1.82, 2.24) is 14.9 Å². The van der Waals surface area contributed by atoms with Crippen molar-refractivity contribution in [3.8, 4) is 0 Å². The number of fused-ring (bicyclic) bond motifs is 1. The normalized spacial score (nSPS) is 12.3. The molecule has 1 aromatic carbocycles. The number of amides is 1. The van der Waals surface area contributed by atoms with Gasteiger partial charge < -0.3 is 9.88 Å². The van der Waals surface area contributed by atoms with Crippen molar-refractivity contribution in [2.45, 2.75) is 24.8 Å². The van der Waals surface area contributed by atoms with Crippen LogP contribution in [-0.4, -0.2) is 15.5 Å². The Hall–Kier alpha value is -2.27. The van der Waals surface area contributed by atoms with Crippen LogP contribution in [0.25, 0.3) is 10.9 Å². The zero-order valence-electron chi connectivity index (χ0n) is 13.4. The minimum absolute atomic E-state index is 0.107. The van der Waals surface area contributed by atoms with Gasteiger partial charge in [-0.3, -0.25) is 9.78 Å². The number of benzene rings is 1. The number of pyridine rings is 1. The lowest BCUT2D eigenvalue weighted by Crippen LogP contribution is -2.28. The summed E-state index contributed by atoms with van der Waals surface area (Å²) in [6.07, 6.45) is 1.77. The fourth-order valence-electron chi connectivity index (χ4n) is 2.75. The molecule has 2 heterocycles. The van der Waals surface area contributed by atoms with Gasteiger partial charge in [0.1, 0.15) is 5.69 Å². The standard InChI is InChI=1S/C18H19N3OS/c1-11(13-6-4-8-15-14(13)7-5-9-19-15)20-18(22)16-10-17(23)12(2)21(16)3/h4-11,23H,1-3H3,(H,20,22). The van der Waals surface area contributed by atoms with E-state index in [9.17, 15) is 4.79 Å². The predicted molar refractivity (Wildman–Crippen MR) is 95.0 cm³/mol. The van der Waals surface area contributed by atoms with Gasteiger partial charge in [-0.05, 0) is 37.6 Å². The van der Waals surface area contributed by atoms with Crippen LogP contribution in [0, 0.1) is 6.92 Å². The van der Waals surface area contributed by atoms with Crippen LogP contribution in [0.5, 0.6) is 0 Å². The van der Waals surface area contributed by atoms with Crippen molar-refractivity contribution in [2.75, 3.05) is 0 Å². The average Bonchev–Trinajstić information content (AvgIpc) is 2.81. The molecule has 3 rings (SSSR count). The number of thiol groups is 1.